The third kappa shape index (κ3) is 4.62. The summed E-state index contributed by atoms with van der Waals surface area (Å²) < 4.78 is 32.4. The molecule has 6 nitrogen and oxygen atoms in total. The average Bonchev–Trinajstić information content (AvgIpc) is 3.28. The second-order valence-corrected chi connectivity index (χ2v) is 9.23. The van der Waals surface area contributed by atoms with Crippen LogP contribution in [0.5, 0.6) is 5.75 Å². The van der Waals surface area contributed by atoms with Crippen molar-refractivity contribution in [2.45, 2.75) is 44.0 Å². The van der Waals surface area contributed by atoms with Crippen molar-refractivity contribution in [2.24, 2.45) is 0 Å². The minimum absolute atomic E-state index is 0.174. The quantitative estimate of drug-likeness (QED) is 0.747. The third-order valence-corrected chi connectivity index (χ3v) is 7.28. The Kier molecular flexibility index (Phi) is 6.59. The molecule has 1 N–H and O–H groups in total. The van der Waals surface area contributed by atoms with Crippen LogP contribution in [-0.4, -0.2) is 38.8 Å². The molecule has 0 unspecified atom stereocenters. The van der Waals surface area contributed by atoms with Crippen molar-refractivity contribution < 1.29 is 17.9 Å². The lowest BCUT2D eigenvalue weighted by atomic mass is 10.0. The van der Waals surface area contributed by atoms with Crippen molar-refractivity contribution in [3.8, 4) is 5.75 Å². The lowest BCUT2D eigenvalue weighted by Gasteiger charge is -2.20. The number of benzene rings is 2. The molecular formula is C22H28N2O4S. The van der Waals surface area contributed by atoms with Crippen molar-refractivity contribution in [3.05, 3.63) is 59.2 Å². The maximum atomic E-state index is 13.0. The van der Waals surface area contributed by atoms with Gasteiger partial charge in [-0.1, -0.05) is 25.1 Å². The molecule has 0 aliphatic carbocycles. The summed E-state index contributed by atoms with van der Waals surface area (Å²) in [6.07, 6.45) is 2.46. The van der Waals surface area contributed by atoms with E-state index in [2.05, 4.69) is 5.32 Å². The minimum Gasteiger partial charge on any atom is -0.497 e. The highest BCUT2D eigenvalue weighted by Crippen LogP contribution is 2.25. The molecule has 0 bridgehead atoms. The van der Waals surface area contributed by atoms with E-state index in [1.165, 1.54) is 10.4 Å². The van der Waals surface area contributed by atoms with E-state index in [0.717, 1.165) is 29.7 Å². The van der Waals surface area contributed by atoms with Gasteiger partial charge in [-0.2, -0.15) is 4.31 Å². The third-order valence-electron chi connectivity index (χ3n) is 5.39. The zero-order valence-corrected chi connectivity index (χ0v) is 18.0. The Balaban J connectivity index is 1.84. The number of rotatable bonds is 7. The molecule has 2 aromatic rings. The molecular weight excluding hydrogens is 388 g/mol. The molecule has 1 atom stereocenters. The average molecular weight is 417 g/mol. The Hall–Kier alpha value is -2.38. The molecule has 156 valence electrons. The van der Waals surface area contributed by atoms with Crippen LogP contribution in [0, 0.1) is 6.92 Å². The van der Waals surface area contributed by atoms with Crippen LogP contribution in [0.15, 0.2) is 47.4 Å². The minimum atomic E-state index is -3.57. The van der Waals surface area contributed by atoms with E-state index in [1.807, 2.05) is 38.1 Å². The van der Waals surface area contributed by atoms with Crippen LogP contribution in [0.2, 0.25) is 0 Å². The molecule has 1 aliphatic heterocycles. The second-order valence-electron chi connectivity index (χ2n) is 7.30. The number of nitrogens with zero attached hydrogens (tertiary/aromatic N) is 1. The Morgan fingerprint density at radius 2 is 1.79 bits per heavy atom. The smallest absolute Gasteiger partial charge is 0.252 e. The van der Waals surface area contributed by atoms with Crippen LogP contribution in [0.25, 0.3) is 0 Å². The maximum Gasteiger partial charge on any atom is 0.252 e. The molecule has 1 amide bonds. The van der Waals surface area contributed by atoms with Gasteiger partial charge in [0.2, 0.25) is 10.0 Å². The predicted molar refractivity (Wildman–Crippen MR) is 113 cm³/mol. The van der Waals surface area contributed by atoms with Gasteiger partial charge in [-0.15, -0.1) is 0 Å². The monoisotopic (exact) mass is 416 g/mol. The number of aryl methyl sites for hydroxylation is 1. The van der Waals surface area contributed by atoms with Crippen molar-refractivity contribution in [1.29, 1.82) is 0 Å². The fourth-order valence-electron chi connectivity index (χ4n) is 3.58. The fraction of sp³-hybridized carbons (Fsp3) is 0.409. The Bertz CT molecular complexity index is 965. The van der Waals surface area contributed by atoms with Crippen LogP contribution >= 0.6 is 0 Å². The summed E-state index contributed by atoms with van der Waals surface area (Å²) in [4.78, 5) is 13.2. The van der Waals surface area contributed by atoms with Crippen LogP contribution in [0.3, 0.4) is 0 Å². The van der Waals surface area contributed by atoms with Crippen LogP contribution < -0.4 is 10.1 Å². The van der Waals surface area contributed by atoms with Gasteiger partial charge in [0.15, 0.2) is 0 Å². The number of amides is 1. The van der Waals surface area contributed by atoms with E-state index >= 15 is 0 Å². The molecule has 0 spiro atoms. The van der Waals surface area contributed by atoms with Gasteiger partial charge in [0.1, 0.15) is 5.75 Å². The van der Waals surface area contributed by atoms with E-state index in [9.17, 15) is 13.2 Å². The lowest BCUT2D eigenvalue weighted by molar-refractivity contribution is 0.0934. The number of hydrogen-bond donors (Lipinski definition) is 1. The maximum absolute atomic E-state index is 13.0. The van der Waals surface area contributed by atoms with E-state index in [0.29, 0.717) is 25.1 Å². The van der Waals surface area contributed by atoms with Crippen molar-refractivity contribution in [3.63, 3.8) is 0 Å². The van der Waals surface area contributed by atoms with Gasteiger partial charge in [-0.25, -0.2) is 8.42 Å². The highest BCUT2D eigenvalue weighted by atomic mass is 32.2. The molecule has 1 heterocycles. The molecule has 1 fully saturated rings. The molecule has 0 aromatic heterocycles. The topological polar surface area (TPSA) is 75.7 Å². The van der Waals surface area contributed by atoms with Crippen LogP contribution in [0.4, 0.5) is 0 Å². The first-order valence-electron chi connectivity index (χ1n) is 9.92. The first kappa shape index (κ1) is 21.3. The Labute approximate surface area is 172 Å². The molecule has 1 saturated heterocycles. The summed E-state index contributed by atoms with van der Waals surface area (Å²) in [5, 5.41) is 3.04. The molecule has 7 heteroatoms. The largest absolute Gasteiger partial charge is 0.497 e. The molecule has 0 saturated carbocycles. The van der Waals surface area contributed by atoms with Gasteiger partial charge in [-0.05, 0) is 61.6 Å². The molecule has 0 radical (unpaired) electrons. The SMILES string of the molecule is CC[C@H](NC(=O)c1cc(S(=O)(=O)N2CCCC2)ccc1C)c1ccc(OC)cc1. The van der Waals surface area contributed by atoms with Crippen molar-refractivity contribution in [1.82, 2.24) is 9.62 Å². The number of sulfonamides is 1. The summed E-state index contributed by atoms with van der Waals surface area (Å²) >= 11 is 0. The second kappa shape index (κ2) is 8.97. The van der Waals surface area contributed by atoms with Crippen LogP contribution in [0.1, 0.15) is 53.7 Å². The van der Waals surface area contributed by atoms with Gasteiger partial charge < -0.3 is 10.1 Å². The van der Waals surface area contributed by atoms with Gasteiger partial charge in [0.05, 0.1) is 18.0 Å². The number of methoxy groups -OCH3 is 1. The lowest BCUT2D eigenvalue weighted by Crippen LogP contribution is -2.30. The summed E-state index contributed by atoms with van der Waals surface area (Å²) in [6.45, 7) is 4.88. The van der Waals surface area contributed by atoms with Crippen LogP contribution in [-0.2, 0) is 10.0 Å². The zero-order chi connectivity index (χ0) is 21.0. The standard InChI is InChI=1S/C22H28N2O4S/c1-4-21(17-8-10-18(28-3)11-9-17)23-22(25)20-15-19(12-7-16(20)2)29(26,27)24-13-5-6-14-24/h7-12,15,21H,4-6,13-14H2,1-3H3,(H,23,25)/t21-/m0/s1. The van der Waals surface area contributed by atoms with Gasteiger partial charge in [0.25, 0.3) is 5.91 Å². The highest BCUT2D eigenvalue weighted by molar-refractivity contribution is 7.89. The van der Waals surface area contributed by atoms with Gasteiger partial charge in [-0.3, -0.25) is 4.79 Å². The number of hydrogen-bond acceptors (Lipinski definition) is 4. The summed E-state index contributed by atoms with van der Waals surface area (Å²) in [7, 11) is -1.95. The highest BCUT2D eigenvalue weighted by Gasteiger charge is 2.28. The van der Waals surface area contributed by atoms with Gasteiger partial charge >= 0.3 is 0 Å². The van der Waals surface area contributed by atoms with Gasteiger partial charge in [0, 0.05) is 18.7 Å². The molecule has 1 aliphatic rings. The number of ether oxygens (including phenoxy) is 1. The Morgan fingerprint density at radius 1 is 1.14 bits per heavy atom. The van der Waals surface area contributed by atoms with Crippen molar-refractivity contribution >= 4 is 15.9 Å². The zero-order valence-electron chi connectivity index (χ0n) is 17.1. The predicted octanol–water partition coefficient (Wildman–Crippen LogP) is 3.67. The summed E-state index contributed by atoms with van der Waals surface area (Å²) in [5.74, 6) is 0.481. The van der Waals surface area contributed by atoms with Crippen molar-refractivity contribution in [2.75, 3.05) is 20.2 Å². The first-order chi connectivity index (χ1) is 13.9. The molecule has 3 rings (SSSR count). The summed E-state index contributed by atoms with van der Waals surface area (Å²) in [5.41, 5.74) is 2.10. The summed E-state index contributed by atoms with van der Waals surface area (Å²) in [6, 6.07) is 12.2. The Morgan fingerprint density at radius 3 is 2.38 bits per heavy atom. The molecule has 2 aromatic carbocycles. The normalized spacial score (nSPS) is 15.8. The number of carbonyl (C=O) groups is 1. The van der Waals surface area contributed by atoms with E-state index < -0.39 is 10.0 Å². The van der Waals surface area contributed by atoms with E-state index in [1.54, 1.807) is 19.2 Å². The molecule has 29 heavy (non-hydrogen) atoms. The number of carbonyl (C=O) groups excluding carboxylic acids is 1. The van der Waals surface area contributed by atoms with E-state index in [-0.39, 0.29) is 16.8 Å². The fourth-order valence-corrected chi connectivity index (χ4v) is 5.12. The number of nitrogens with one attached hydrogen (secondary N) is 1. The van der Waals surface area contributed by atoms with E-state index in [4.69, 9.17) is 4.74 Å². The first-order valence-corrected chi connectivity index (χ1v) is 11.4.